The number of hydrogen-bond acceptors (Lipinski definition) is 4. The molecule has 7 aromatic carbocycles. The van der Waals surface area contributed by atoms with E-state index in [1.807, 2.05) is 23.5 Å². The minimum Gasteiger partial charge on any atom is -0.485 e. The van der Waals surface area contributed by atoms with Crippen molar-refractivity contribution < 1.29 is 4.74 Å². The molecule has 10 aromatic rings. The molecule has 2 aliphatic rings. The number of aromatic nitrogens is 3. The summed E-state index contributed by atoms with van der Waals surface area (Å²) in [6.45, 7) is 0. The van der Waals surface area contributed by atoms with Crippen molar-refractivity contribution in [2.75, 3.05) is 0 Å². The van der Waals surface area contributed by atoms with Gasteiger partial charge in [0.15, 0.2) is 5.82 Å². The van der Waals surface area contributed by atoms with Gasteiger partial charge in [0.05, 0.1) is 22.2 Å². The highest BCUT2D eigenvalue weighted by atomic mass is 32.1. The van der Waals surface area contributed by atoms with Crippen LogP contribution in [-0.4, -0.2) is 20.6 Å². The van der Waals surface area contributed by atoms with Crippen LogP contribution in [0.4, 0.5) is 0 Å². The SMILES string of the molecule is C1=C2c3c(cccc3-c3nc(-c4ccc(-c5ccccc5)cc4)c4ccccc4n3)OC2CC(n2c3ccccc3c3c4sc5ccccc5c4ccc32)=C1. The summed E-state index contributed by atoms with van der Waals surface area (Å²) < 4.78 is 11.9. The van der Waals surface area contributed by atoms with E-state index in [0.29, 0.717) is 5.82 Å². The number of hydrogen-bond donors (Lipinski definition) is 0. The molecule has 0 N–H and O–H groups in total. The third-order valence-electron chi connectivity index (χ3n) is 11.4. The van der Waals surface area contributed by atoms with E-state index < -0.39 is 0 Å². The Hall–Kier alpha value is -6.82. The second-order valence-corrected chi connectivity index (χ2v) is 15.5. The number of benzene rings is 7. The molecule has 1 unspecified atom stereocenters. The molecule has 0 radical (unpaired) electrons. The molecule has 258 valence electrons. The van der Waals surface area contributed by atoms with Crippen LogP contribution in [-0.2, 0) is 0 Å². The number of nitrogens with zero attached hydrogens (tertiary/aromatic N) is 3. The Morgan fingerprint density at radius 2 is 1.31 bits per heavy atom. The Kier molecular flexibility index (Phi) is 6.59. The van der Waals surface area contributed by atoms with Crippen molar-refractivity contribution in [2.24, 2.45) is 0 Å². The molecule has 1 atom stereocenters. The van der Waals surface area contributed by atoms with Crippen molar-refractivity contribution in [1.29, 1.82) is 0 Å². The number of fused-ring (bicyclic) bond motifs is 11. The summed E-state index contributed by atoms with van der Waals surface area (Å²) in [4.78, 5) is 10.5. The summed E-state index contributed by atoms with van der Waals surface area (Å²) in [7, 11) is 0. The fraction of sp³-hybridized carbons (Fsp3) is 0.0400. The van der Waals surface area contributed by atoms with E-state index in [4.69, 9.17) is 14.7 Å². The molecular formula is C50H31N3OS. The zero-order chi connectivity index (χ0) is 36.0. The Balaban J connectivity index is 0.986. The first kappa shape index (κ1) is 30.6. The van der Waals surface area contributed by atoms with Gasteiger partial charge in [0.25, 0.3) is 0 Å². The number of allylic oxidation sites excluding steroid dienone is 2. The largest absolute Gasteiger partial charge is 0.485 e. The van der Waals surface area contributed by atoms with Crippen molar-refractivity contribution in [3.05, 3.63) is 175 Å². The molecule has 55 heavy (non-hydrogen) atoms. The molecule has 1 aliphatic carbocycles. The van der Waals surface area contributed by atoms with Crippen LogP contribution in [0.15, 0.2) is 170 Å². The van der Waals surface area contributed by atoms with Gasteiger partial charge in [-0.25, -0.2) is 9.97 Å². The lowest BCUT2D eigenvalue weighted by atomic mass is 9.91. The summed E-state index contributed by atoms with van der Waals surface area (Å²) >= 11 is 1.89. The molecule has 0 amide bonds. The third-order valence-corrected chi connectivity index (χ3v) is 12.6. The Bertz CT molecular complexity index is 3260. The van der Waals surface area contributed by atoms with E-state index in [-0.39, 0.29) is 6.10 Å². The predicted octanol–water partition coefficient (Wildman–Crippen LogP) is 13.2. The van der Waals surface area contributed by atoms with Gasteiger partial charge in [0, 0.05) is 70.7 Å². The van der Waals surface area contributed by atoms with Gasteiger partial charge in [-0.15, -0.1) is 11.3 Å². The molecule has 3 aromatic heterocycles. The van der Waals surface area contributed by atoms with Gasteiger partial charge in [-0.05, 0) is 47.5 Å². The van der Waals surface area contributed by atoms with E-state index in [1.54, 1.807) is 0 Å². The van der Waals surface area contributed by atoms with E-state index in [1.165, 1.54) is 64.4 Å². The number of thiophene rings is 1. The molecule has 4 nitrogen and oxygen atoms in total. The third kappa shape index (κ3) is 4.63. The Labute approximate surface area is 320 Å². The van der Waals surface area contributed by atoms with Crippen LogP contribution < -0.4 is 4.74 Å². The second-order valence-electron chi connectivity index (χ2n) is 14.4. The monoisotopic (exact) mass is 721 g/mol. The number of ether oxygens (including phenoxy) is 1. The van der Waals surface area contributed by atoms with Gasteiger partial charge >= 0.3 is 0 Å². The molecule has 0 bridgehead atoms. The Morgan fingerprint density at radius 3 is 2.20 bits per heavy atom. The number of rotatable bonds is 4. The van der Waals surface area contributed by atoms with Crippen molar-refractivity contribution in [1.82, 2.24) is 14.5 Å². The quantitative estimate of drug-likeness (QED) is 0.182. The topological polar surface area (TPSA) is 39.9 Å². The average molecular weight is 722 g/mol. The predicted molar refractivity (Wildman–Crippen MR) is 229 cm³/mol. The molecular weight excluding hydrogens is 691 g/mol. The molecule has 0 fully saturated rings. The average Bonchev–Trinajstić information content (AvgIpc) is 3.93. The lowest BCUT2D eigenvalue weighted by Crippen LogP contribution is -2.17. The van der Waals surface area contributed by atoms with Crippen LogP contribution in [0.25, 0.3) is 97.9 Å². The Morgan fingerprint density at radius 1 is 0.564 bits per heavy atom. The van der Waals surface area contributed by atoms with E-state index in [9.17, 15) is 0 Å². The van der Waals surface area contributed by atoms with E-state index in [2.05, 4.69) is 162 Å². The van der Waals surface area contributed by atoms with Crippen LogP contribution >= 0.6 is 11.3 Å². The van der Waals surface area contributed by atoms with E-state index in [0.717, 1.165) is 45.5 Å². The van der Waals surface area contributed by atoms with Gasteiger partial charge in [0.1, 0.15) is 11.9 Å². The molecule has 5 heteroatoms. The molecule has 12 rings (SSSR count). The highest BCUT2D eigenvalue weighted by Crippen LogP contribution is 2.49. The molecule has 4 heterocycles. The van der Waals surface area contributed by atoms with Gasteiger partial charge in [-0.2, -0.15) is 0 Å². The van der Waals surface area contributed by atoms with Crippen LogP contribution in [0.1, 0.15) is 12.0 Å². The lowest BCUT2D eigenvalue weighted by molar-refractivity contribution is 0.280. The fourth-order valence-electron chi connectivity index (χ4n) is 8.86. The summed E-state index contributed by atoms with van der Waals surface area (Å²) in [5.74, 6) is 1.58. The van der Waals surface area contributed by atoms with Crippen LogP contribution in [0, 0.1) is 0 Å². The highest BCUT2D eigenvalue weighted by molar-refractivity contribution is 7.26. The normalized spacial score (nSPS) is 15.0. The maximum absolute atomic E-state index is 6.82. The molecule has 1 aliphatic heterocycles. The smallest absolute Gasteiger partial charge is 0.161 e. The summed E-state index contributed by atoms with van der Waals surface area (Å²) in [6.07, 6.45) is 5.19. The van der Waals surface area contributed by atoms with Crippen molar-refractivity contribution in [3.8, 4) is 39.5 Å². The summed E-state index contributed by atoms with van der Waals surface area (Å²) in [6, 6.07) is 56.0. The molecule has 0 saturated heterocycles. The fourth-order valence-corrected chi connectivity index (χ4v) is 10.1. The minimum absolute atomic E-state index is 0.120. The van der Waals surface area contributed by atoms with Crippen molar-refractivity contribution >= 4 is 75.5 Å². The maximum atomic E-state index is 6.82. The highest BCUT2D eigenvalue weighted by Gasteiger charge is 2.35. The zero-order valence-electron chi connectivity index (χ0n) is 29.6. The van der Waals surface area contributed by atoms with Crippen LogP contribution in [0.3, 0.4) is 0 Å². The van der Waals surface area contributed by atoms with Gasteiger partial charge < -0.3 is 9.30 Å². The van der Waals surface area contributed by atoms with Gasteiger partial charge in [-0.3, -0.25) is 0 Å². The zero-order valence-corrected chi connectivity index (χ0v) is 30.4. The first-order valence-corrected chi connectivity index (χ1v) is 19.6. The minimum atomic E-state index is -0.120. The van der Waals surface area contributed by atoms with E-state index >= 15 is 0 Å². The van der Waals surface area contributed by atoms with Gasteiger partial charge in [0.2, 0.25) is 0 Å². The van der Waals surface area contributed by atoms with Gasteiger partial charge in [-0.1, -0.05) is 133 Å². The van der Waals surface area contributed by atoms with Crippen molar-refractivity contribution in [2.45, 2.75) is 12.5 Å². The standard InChI is InChI=1S/C50H31N3OS/c1-2-11-30(12-3-1)31-21-23-32(24-22-31)48-36-14-4-7-17-40(36)51-50(52-48)39-16-10-19-43-46(39)38-26-25-33(29-44(38)54-43)53-41-18-8-5-15-37(41)47-42(53)28-27-35-34-13-6-9-20-45(34)55-49(35)47/h1-28,44H,29H2. The van der Waals surface area contributed by atoms with Crippen LogP contribution in [0.5, 0.6) is 5.75 Å². The maximum Gasteiger partial charge on any atom is 0.161 e. The number of para-hydroxylation sites is 2. The summed E-state index contributed by atoms with van der Waals surface area (Å²) in [5.41, 5.74) is 12.2. The first-order valence-electron chi connectivity index (χ1n) is 18.7. The molecule has 0 spiro atoms. The first-order chi connectivity index (χ1) is 27.3. The van der Waals surface area contributed by atoms with Crippen molar-refractivity contribution in [3.63, 3.8) is 0 Å². The second kappa shape index (κ2) is 11.8. The summed E-state index contributed by atoms with van der Waals surface area (Å²) in [5, 5.41) is 6.27. The lowest BCUT2D eigenvalue weighted by Gasteiger charge is -2.21. The molecule has 0 saturated carbocycles. The van der Waals surface area contributed by atoms with Crippen LogP contribution in [0.2, 0.25) is 0 Å².